The molecular formula is C18H26N4OS. The van der Waals surface area contributed by atoms with Crippen LogP contribution in [0.3, 0.4) is 0 Å². The molecule has 2 heterocycles. The summed E-state index contributed by atoms with van der Waals surface area (Å²) in [5.74, 6) is 0.690. The molecule has 3 rings (SSSR count). The van der Waals surface area contributed by atoms with Crippen LogP contribution in [0.25, 0.3) is 0 Å². The number of rotatable bonds is 7. The Morgan fingerprint density at radius 1 is 1.17 bits per heavy atom. The van der Waals surface area contributed by atoms with Crippen LogP contribution in [0.5, 0.6) is 0 Å². The smallest absolute Gasteiger partial charge is 0.168 e. The van der Waals surface area contributed by atoms with Gasteiger partial charge in [-0.2, -0.15) is 0 Å². The summed E-state index contributed by atoms with van der Waals surface area (Å²) in [6.45, 7) is 7.80. The molecule has 0 unspecified atom stereocenters. The number of aryl methyl sites for hydroxylation is 1. The standard InChI is InChI=1S/C18H26N4OS/c1-2-21-9-8-19-18(21)24-15-17(23)14-20-10-12-22(13-11-20)16-6-4-3-5-7-16/h3-9,17,23H,2,10-15H2,1H3/t17-/m1/s1. The van der Waals surface area contributed by atoms with Gasteiger partial charge in [0.25, 0.3) is 0 Å². The Hall–Kier alpha value is -1.50. The van der Waals surface area contributed by atoms with Crippen molar-refractivity contribution >= 4 is 17.4 Å². The SMILES string of the molecule is CCn1ccnc1SC[C@H](O)CN1CCN(c2ccccc2)CC1. The lowest BCUT2D eigenvalue weighted by atomic mass is 10.2. The van der Waals surface area contributed by atoms with E-state index in [1.165, 1.54) is 5.69 Å². The van der Waals surface area contributed by atoms with Crippen LogP contribution in [0, 0.1) is 0 Å². The van der Waals surface area contributed by atoms with Crippen molar-refractivity contribution in [2.24, 2.45) is 0 Å². The van der Waals surface area contributed by atoms with Crippen molar-refractivity contribution in [1.29, 1.82) is 0 Å². The van der Waals surface area contributed by atoms with Gasteiger partial charge in [-0.05, 0) is 19.1 Å². The maximum Gasteiger partial charge on any atom is 0.168 e. The van der Waals surface area contributed by atoms with Gasteiger partial charge in [0.15, 0.2) is 5.16 Å². The van der Waals surface area contributed by atoms with Crippen molar-refractivity contribution in [2.75, 3.05) is 43.4 Å². The third kappa shape index (κ3) is 4.53. The van der Waals surface area contributed by atoms with Crippen LogP contribution in [0.4, 0.5) is 5.69 Å². The summed E-state index contributed by atoms with van der Waals surface area (Å²) in [6, 6.07) is 10.6. The Morgan fingerprint density at radius 3 is 2.62 bits per heavy atom. The minimum Gasteiger partial charge on any atom is -0.391 e. The van der Waals surface area contributed by atoms with Crippen LogP contribution in [0.15, 0.2) is 47.9 Å². The minimum atomic E-state index is -0.319. The van der Waals surface area contributed by atoms with Crippen molar-refractivity contribution in [1.82, 2.24) is 14.5 Å². The van der Waals surface area contributed by atoms with Gasteiger partial charge in [-0.3, -0.25) is 4.90 Å². The van der Waals surface area contributed by atoms with Crippen molar-refractivity contribution in [3.05, 3.63) is 42.7 Å². The monoisotopic (exact) mass is 346 g/mol. The van der Waals surface area contributed by atoms with Gasteiger partial charge in [-0.1, -0.05) is 30.0 Å². The highest BCUT2D eigenvalue weighted by Gasteiger charge is 2.19. The van der Waals surface area contributed by atoms with E-state index in [-0.39, 0.29) is 6.10 Å². The highest BCUT2D eigenvalue weighted by atomic mass is 32.2. The van der Waals surface area contributed by atoms with E-state index in [2.05, 4.69) is 56.6 Å². The largest absolute Gasteiger partial charge is 0.391 e. The number of thioether (sulfide) groups is 1. The maximum atomic E-state index is 10.3. The lowest BCUT2D eigenvalue weighted by Gasteiger charge is -2.36. The summed E-state index contributed by atoms with van der Waals surface area (Å²) in [5, 5.41) is 11.3. The average molecular weight is 347 g/mol. The van der Waals surface area contributed by atoms with Gasteiger partial charge in [-0.15, -0.1) is 0 Å². The van der Waals surface area contributed by atoms with Crippen LogP contribution in [0.2, 0.25) is 0 Å². The molecule has 0 saturated carbocycles. The molecule has 2 aromatic rings. The summed E-state index contributed by atoms with van der Waals surface area (Å²) in [7, 11) is 0. The lowest BCUT2D eigenvalue weighted by Crippen LogP contribution is -2.48. The number of hydrogen-bond donors (Lipinski definition) is 1. The molecule has 6 heteroatoms. The van der Waals surface area contributed by atoms with E-state index in [1.54, 1.807) is 11.8 Å². The van der Waals surface area contributed by atoms with Gasteiger partial charge in [0, 0.05) is 63.1 Å². The van der Waals surface area contributed by atoms with Gasteiger partial charge in [0.1, 0.15) is 0 Å². The summed E-state index contributed by atoms with van der Waals surface area (Å²) in [5.41, 5.74) is 1.29. The molecule has 5 nitrogen and oxygen atoms in total. The fraction of sp³-hybridized carbons (Fsp3) is 0.500. The second-order valence-electron chi connectivity index (χ2n) is 6.08. The van der Waals surface area contributed by atoms with E-state index in [0.29, 0.717) is 5.75 Å². The molecule has 1 aliphatic rings. The summed E-state index contributed by atoms with van der Waals surface area (Å²) >= 11 is 1.64. The fourth-order valence-electron chi connectivity index (χ4n) is 3.03. The maximum absolute atomic E-state index is 10.3. The highest BCUT2D eigenvalue weighted by Crippen LogP contribution is 2.18. The second kappa shape index (κ2) is 8.55. The zero-order valence-corrected chi connectivity index (χ0v) is 15.0. The van der Waals surface area contributed by atoms with Crippen LogP contribution in [0.1, 0.15) is 6.92 Å². The molecule has 130 valence electrons. The number of anilines is 1. The van der Waals surface area contributed by atoms with E-state index in [4.69, 9.17) is 0 Å². The van der Waals surface area contributed by atoms with Crippen LogP contribution >= 0.6 is 11.8 Å². The number of aliphatic hydroxyl groups excluding tert-OH is 1. The molecule has 1 aromatic heterocycles. The van der Waals surface area contributed by atoms with Crippen LogP contribution in [-0.4, -0.2) is 64.1 Å². The van der Waals surface area contributed by atoms with E-state index in [1.807, 2.05) is 12.4 Å². The molecule has 1 fully saturated rings. The average Bonchev–Trinajstić information content (AvgIpc) is 3.09. The summed E-state index contributed by atoms with van der Waals surface area (Å²) < 4.78 is 2.11. The third-order valence-electron chi connectivity index (χ3n) is 4.39. The molecule has 1 N–H and O–H groups in total. The molecule has 24 heavy (non-hydrogen) atoms. The van der Waals surface area contributed by atoms with Gasteiger partial charge in [0.2, 0.25) is 0 Å². The topological polar surface area (TPSA) is 44.5 Å². The van der Waals surface area contributed by atoms with Gasteiger partial charge in [0.05, 0.1) is 6.10 Å². The Bertz CT molecular complexity index is 610. The Kier molecular flexibility index (Phi) is 6.18. The van der Waals surface area contributed by atoms with Crippen molar-refractivity contribution < 1.29 is 5.11 Å². The molecule has 0 radical (unpaired) electrons. The molecule has 1 saturated heterocycles. The Morgan fingerprint density at radius 2 is 1.92 bits per heavy atom. The Balaban J connectivity index is 1.41. The van der Waals surface area contributed by atoms with Gasteiger partial charge < -0.3 is 14.6 Å². The second-order valence-corrected chi connectivity index (χ2v) is 7.07. The first-order valence-corrected chi connectivity index (χ1v) is 9.59. The normalized spacial score (nSPS) is 17.2. The molecule has 0 amide bonds. The zero-order chi connectivity index (χ0) is 16.8. The molecule has 0 spiro atoms. The predicted molar refractivity (Wildman–Crippen MR) is 99.7 cm³/mol. The fourth-order valence-corrected chi connectivity index (χ4v) is 3.96. The molecular weight excluding hydrogens is 320 g/mol. The number of piperazine rings is 1. The molecule has 0 bridgehead atoms. The Labute approximate surface area is 148 Å². The number of imidazole rings is 1. The first kappa shape index (κ1) is 17.3. The van der Waals surface area contributed by atoms with E-state index in [0.717, 1.165) is 44.4 Å². The number of para-hydroxylation sites is 1. The van der Waals surface area contributed by atoms with E-state index < -0.39 is 0 Å². The summed E-state index contributed by atoms with van der Waals surface area (Å²) in [6.07, 6.45) is 3.48. The molecule has 1 aliphatic heterocycles. The number of β-amino-alcohol motifs (C(OH)–C–C–N with tert-alkyl or cyclic N) is 1. The van der Waals surface area contributed by atoms with Crippen LogP contribution in [-0.2, 0) is 6.54 Å². The van der Waals surface area contributed by atoms with Gasteiger partial charge in [-0.25, -0.2) is 4.98 Å². The molecule has 1 atom stereocenters. The first-order chi connectivity index (χ1) is 11.8. The van der Waals surface area contributed by atoms with Crippen molar-refractivity contribution in [2.45, 2.75) is 24.7 Å². The van der Waals surface area contributed by atoms with Crippen molar-refractivity contribution in [3.63, 3.8) is 0 Å². The minimum absolute atomic E-state index is 0.319. The quantitative estimate of drug-likeness (QED) is 0.779. The number of benzene rings is 1. The lowest BCUT2D eigenvalue weighted by molar-refractivity contribution is 0.126. The van der Waals surface area contributed by atoms with Crippen molar-refractivity contribution in [3.8, 4) is 0 Å². The van der Waals surface area contributed by atoms with Gasteiger partial charge >= 0.3 is 0 Å². The third-order valence-corrected chi connectivity index (χ3v) is 5.53. The highest BCUT2D eigenvalue weighted by molar-refractivity contribution is 7.99. The van der Waals surface area contributed by atoms with E-state index >= 15 is 0 Å². The van der Waals surface area contributed by atoms with Crippen LogP contribution < -0.4 is 4.90 Å². The molecule has 1 aromatic carbocycles. The zero-order valence-electron chi connectivity index (χ0n) is 14.2. The summed E-state index contributed by atoms with van der Waals surface area (Å²) in [4.78, 5) is 9.11. The van der Waals surface area contributed by atoms with E-state index in [9.17, 15) is 5.11 Å². The number of hydrogen-bond acceptors (Lipinski definition) is 5. The number of aromatic nitrogens is 2. The predicted octanol–water partition coefficient (Wildman–Crippen LogP) is 2.18. The molecule has 0 aliphatic carbocycles. The number of aliphatic hydroxyl groups is 1. The first-order valence-electron chi connectivity index (χ1n) is 8.60. The number of nitrogens with zero attached hydrogens (tertiary/aromatic N) is 4.